The van der Waals surface area contributed by atoms with Gasteiger partial charge >= 0.3 is 5.97 Å². The van der Waals surface area contributed by atoms with E-state index in [-0.39, 0.29) is 24.4 Å². The summed E-state index contributed by atoms with van der Waals surface area (Å²) in [4.78, 5) is 11.1. The van der Waals surface area contributed by atoms with Crippen molar-refractivity contribution in [3.8, 4) is 0 Å². The van der Waals surface area contributed by atoms with Crippen LogP contribution in [0.1, 0.15) is 39.0 Å². The van der Waals surface area contributed by atoms with Gasteiger partial charge in [0.1, 0.15) is 24.4 Å². The SMILES string of the molecule is CC/C=C\C[C@H]1[C@@H](CC(=O)O)CC[C@@H]1O[C@@H]1O[C@@H](CO)[C@@H](O)[C@@H](O)[C@@H]1O. The van der Waals surface area contributed by atoms with Gasteiger partial charge in [-0.3, -0.25) is 4.79 Å². The van der Waals surface area contributed by atoms with Crippen molar-refractivity contribution in [2.24, 2.45) is 11.8 Å². The minimum Gasteiger partial charge on any atom is -0.481 e. The smallest absolute Gasteiger partial charge is 0.303 e. The lowest BCUT2D eigenvalue weighted by atomic mass is 9.88. The Morgan fingerprint density at radius 2 is 1.88 bits per heavy atom. The third-order valence-corrected chi connectivity index (χ3v) is 5.31. The largest absolute Gasteiger partial charge is 0.481 e. The fraction of sp³-hybridized carbons (Fsp3) is 0.833. The van der Waals surface area contributed by atoms with Gasteiger partial charge in [-0.1, -0.05) is 19.1 Å². The normalized spacial score (nSPS) is 41.0. The number of carboxylic acid groups (broad SMARTS) is 1. The third-order valence-electron chi connectivity index (χ3n) is 5.31. The summed E-state index contributed by atoms with van der Waals surface area (Å²) < 4.78 is 11.3. The zero-order valence-electron chi connectivity index (χ0n) is 15.0. The average Bonchev–Trinajstić information content (AvgIpc) is 2.96. The Morgan fingerprint density at radius 3 is 2.50 bits per heavy atom. The molecular formula is C18H30O8. The second kappa shape index (κ2) is 9.77. The Hall–Kier alpha value is -1.03. The molecule has 0 bridgehead atoms. The van der Waals surface area contributed by atoms with Crippen LogP contribution in [-0.4, -0.2) is 74.9 Å². The number of hydrogen-bond donors (Lipinski definition) is 5. The van der Waals surface area contributed by atoms with E-state index in [4.69, 9.17) is 14.6 Å². The van der Waals surface area contributed by atoms with Gasteiger partial charge in [0.05, 0.1) is 12.7 Å². The van der Waals surface area contributed by atoms with E-state index < -0.39 is 43.3 Å². The maximum Gasteiger partial charge on any atom is 0.303 e. The average molecular weight is 374 g/mol. The second-order valence-electron chi connectivity index (χ2n) is 7.09. The molecule has 1 heterocycles. The molecule has 2 fully saturated rings. The van der Waals surface area contributed by atoms with Crippen molar-refractivity contribution in [2.45, 2.75) is 75.8 Å². The standard InChI is InChI=1S/C18H30O8/c1-2-3-4-5-11-10(8-14(20)21)6-7-12(11)25-18-17(24)16(23)15(22)13(9-19)26-18/h3-4,10-13,15-19,22-24H,2,5-9H2,1H3,(H,20,21)/b4-3-/t10-,11+,12+,13+,15-,16-,17+,18-/m1/s1. The zero-order valence-corrected chi connectivity index (χ0v) is 15.0. The molecule has 0 unspecified atom stereocenters. The van der Waals surface area contributed by atoms with E-state index in [1.54, 1.807) is 0 Å². The highest BCUT2D eigenvalue weighted by Crippen LogP contribution is 2.40. The molecule has 0 aromatic carbocycles. The van der Waals surface area contributed by atoms with E-state index in [1.807, 2.05) is 19.1 Å². The van der Waals surface area contributed by atoms with Crippen LogP contribution >= 0.6 is 0 Å². The first-order valence-corrected chi connectivity index (χ1v) is 9.21. The highest BCUT2D eigenvalue weighted by Gasteiger charge is 2.47. The zero-order chi connectivity index (χ0) is 19.3. The number of ether oxygens (including phenoxy) is 2. The molecule has 8 atom stereocenters. The van der Waals surface area contributed by atoms with Crippen LogP contribution in [0.2, 0.25) is 0 Å². The van der Waals surface area contributed by atoms with Crippen LogP contribution in [0.5, 0.6) is 0 Å². The van der Waals surface area contributed by atoms with Gasteiger partial charge in [-0.2, -0.15) is 0 Å². The molecule has 0 amide bonds. The fourth-order valence-electron chi connectivity index (χ4n) is 3.87. The van der Waals surface area contributed by atoms with Gasteiger partial charge in [-0.25, -0.2) is 0 Å². The lowest BCUT2D eigenvalue weighted by Crippen LogP contribution is -2.59. The van der Waals surface area contributed by atoms with Gasteiger partial charge in [-0.05, 0) is 37.5 Å². The summed E-state index contributed by atoms with van der Waals surface area (Å²) in [6, 6.07) is 0. The summed E-state index contributed by atoms with van der Waals surface area (Å²) in [6.07, 6.45) is 0.0423. The van der Waals surface area contributed by atoms with Crippen LogP contribution in [0.15, 0.2) is 12.2 Å². The molecule has 1 aliphatic heterocycles. The fourth-order valence-corrected chi connectivity index (χ4v) is 3.87. The van der Waals surface area contributed by atoms with Gasteiger partial charge in [0, 0.05) is 6.42 Å². The number of rotatable bonds is 8. The highest BCUT2D eigenvalue weighted by molar-refractivity contribution is 5.67. The van der Waals surface area contributed by atoms with Gasteiger partial charge in [-0.15, -0.1) is 0 Å². The molecule has 2 aliphatic rings. The number of allylic oxidation sites excluding steroid dienone is 2. The predicted octanol–water partition coefficient (Wildman–Crippen LogP) is 0.0287. The van der Waals surface area contributed by atoms with Crippen molar-refractivity contribution in [2.75, 3.05) is 6.61 Å². The molecule has 0 radical (unpaired) electrons. The Kier molecular flexibility index (Phi) is 8.00. The highest BCUT2D eigenvalue weighted by atomic mass is 16.7. The summed E-state index contributed by atoms with van der Waals surface area (Å²) in [5.41, 5.74) is 0. The third kappa shape index (κ3) is 5.03. The maximum absolute atomic E-state index is 11.1. The van der Waals surface area contributed by atoms with Crippen LogP contribution in [0.3, 0.4) is 0 Å². The Labute approximate surface area is 153 Å². The van der Waals surface area contributed by atoms with Crippen molar-refractivity contribution in [1.82, 2.24) is 0 Å². The van der Waals surface area contributed by atoms with Crippen LogP contribution in [0.25, 0.3) is 0 Å². The molecular weight excluding hydrogens is 344 g/mol. The van der Waals surface area contributed by atoms with Crippen LogP contribution in [0.4, 0.5) is 0 Å². The van der Waals surface area contributed by atoms with Crippen molar-refractivity contribution in [3.63, 3.8) is 0 Å². The summed E-state index contributed by atoms with van der Waals surface area (Å²) in [5, 5.41) is 48.3. The number of aliphatic hydroxyl groups excluding tert-OH is 4. The lowest BCUT2D eigenvalue weighted by molar-refractivity contribution is -0.313. The second-order valence-corrected chi connectivity index (χ2v) is 7.09. The van der Waals surface area contributed by atoms with E-state index in [9.17, 15) is 25.2 Å². The molecule has 2 rings (SSSR count). The number of hydrogen-bond acceptors (Lipinski definition) is 7. The number of carbonyl (C=O) groups is 1. The molecule has 0 spiro atoms. The van der Waals surface area contributed by atoms with Gasteiger partial charge in [0.15, 0.2) is 6.29 Å². The molecule has 150 valence electrons. The first-order chi connectivity index (χ1) is 12.4. The molecule has 0 aromatic rings. The molecule has 5 N–H and O–H groups in total. The molecule has 0 aromatic heterocycles. The topological polar surface area (TPSA) is 137 Å². The number of aliphatic hydroxyl groups is 4. The van der Waals surface area contributed by atoms with Crippen LogP contribution in [0, 0.1) is 11.8 Å². The van der Waals surface area contributed by atoms with E-state index in [0.29, 0.717) is 19.3 Å². The predicted molar refractivity (Wildman–Crippen MR) is 91.2 cm³/mol. The van der Waals surface area contributed by atoms with Crippen LogP contribution in [-0.2, 0) is 14.3 Å². The molecule has 26 heavy (non-hydrogen) atoms. The summed E-state index contributed by atoms with van der Waals surface area (Å²) >= 11 is 0. The van der Waals surface area contributed by atoms with Gasteiger partial charge in [0.25, 0.3) is 0 Å². The Bertz CT molecular complexity index is 480. The van der Waals surface area contributed by atoms with Crippen LogP contribution < -0.4 is 0 Å². The quantitative estimate of drug-likeness (QED) is 0.375. The van der Waals surface area contributed by atoms with Crippen molar-refractivity contribution < 1.29 is 39.8 Å². The van der Waals surface area contributed by atoms with Gasteiger partial charge in [0.2, 0.25) is 0 Å². The molecule has 1 saturated heterocycles. The first kappa shape index (κ1) is 21.3. The minimum atomic E-state index is -1.49. The Balaban J connectivity index is 2.07. The van der Waals surface area contributed by atoms with Crippen molar-refractivity contribution in [1.29, 1.82) is 0 Å². The van der Waals surface area contributed by atoms with Gasteiger partial charge < -0.3 is 35.0 Å². The van der Waals surface area contributed by atoms with Crippen molar-refractivity contribution >= 4 is 5.97 Å². The minimum absolute atomic E-state index is 0.0381. The summed E-state index contributed by atoms with van der Waals surface area (Å²) in [6.45, 7) is 1.50. The van der Waals surface area contributed by atoms with E-state index in [2.05, 4.69) is 0 Å². The Morgan fingerprint density at radius 1 is 1.15 bits per heavy atom. The monoisotopic (exact) mass is 374 g/mol. The van der Waals surface area contributed by atoms with E-state index in [1.165, 1.54) is 0 Å². The molecule has 8 nitrogen and oxygen atoms in total. The summed E-state index contributed by atoms with van der Waals surface area (Å²) in [7, 11) is 0. The van der Waals surface area contributed by atoms with Crippen molar-refractivity contribution in [3.05, 3.63) is 12.2 Å². The molecule has 1 aliphatic carbocycles. The molecule has 1 saturated carbocycles. The number of aliphatic carboxylic acids is 1. The summed E-state index contributed by atoms with van der Waals surface area (Å²) in [5.74, 6) is -0.932. The lowest BCUT2D eigenvalue weighted by Gasteiger charge is -2.41. The maximum atomic E-state index is 11.1. The van der Waals surface area contributed by atoms with E-state index >= 15 is 0 Å². The van der Waals surface area contributed by atoms with E-state index in [0.717, 1.165) is 6.42 Å². The first-order valence-electron chi connectivity index (χ1n) is 9.21. The molecule has 8 heteroatoms. The number of carboxylic acids is 1.